The zero-order chi connectivity index (χ0) is 47.1. The molecule has 0 unspecified atom stereocenters. The maximum atomic E-state index is 13.3. The van der Waals surface area contributed by atoms with E-state index in [-0.39, 0.29) is 36.1 Å². The number of hydrogen-bond acceptors (Lipinski definition) is 12. The molecule has 344 valence electrons. The molecule has 0 saturated heterocycles. The van der Waals surface area contributed by atoms with Gasteiger partial charge in [-0.2, -0.15) is 10.2 Å². The summed E-state index contributed by atoms with van der Waals surface area (Å²) in [6.45, 7) is 9.68. The Kier molecular flexibility index (Phi) is 15.2. The first-order valence-corrected chi connectivity index (χ1v) is 22.1. The summed E-state index contributed by atoms with van der Waals surface area (Å²) in [5.41, 5.74) is 3.69. The number of halogens is 2. The number of nitrogens with one attached hydrogen (secondary N) is 4. The van der Waals surface area contributed by atoms with Crippen LogP contribution in [-0.4, -0.2) is 99.8 Å². The molecule has 0 aliphatic heterocycles. The predicted molar refractivity (Wildman–Crippen MR) is 254 cm³/mol. The van der Waals surface area contributed by atoms with Crippen LogP contribution >= 0.6 is 23.2 Å². The van der Waals surface area contributed by atoms with Gasteiger partial charge in [0.05, 0.1) is 57.5 Å². The highest BCUT2D eigenvalue weighted by Gasteiger charge is 2.25. The maximum absolute atomic E-state index is 13.3. The lowest BCUT2D eigenvalue weighted by Gasteiger charge is -2.21. The number of aryl methyl sites for hydroxylation is 2. The van der Waals surface area contributed by atoms with Gasteiger partial charge in [0.2, 0.25) is 0 Å². The van der Waals surface area contributed by atoms with Crippen molar-refractivity contribution in [3.8, 4) is 0 Å². The summed E-state index contributed by atoms with van der Waals surface area (Å²) >= 11 is 12.7. The molecule has 18 nitrogen and oxygen atoms in total. The van der Waals surface area contributed by atoms with Gasteiger partial charge < -0.3 is 40.6 Å². The van der Waals surface area contributed by atoms with Crippen LogP contribution < -0.4 is 32.4 Å². The van der Waals surface area contributed by atoms with Crippen molar-refractivity contribution in [2.45, 2.75) is 52.9 Å². The van der Waals surface area contributed by atoms with Crippen LogP contribution in [0, 0.1) is 13.8 Å². The van der Waals surface area contributed by atoms with E-state index in [1.54, 1.807) is 93.2 Å². The fourth-order valence-corrected chi connectivity index (χ4v) is 8.46. The Morgan fingerprint density at radius 3 is 1.44 bits per heavy atom. The van der Waals surface area contributed by atoms with Crippen molar-refractivity contribution in [3.05, 3.63) is 150 Å². The number of nitrogens with zero attached hydrogens (tertiary/aromatic N) is 8. The lowest BCUT2D eigenvalue weighted by Crippen LogP contribution is -2.35. The fraction of sp³-hybridized carbons (Fsp3) is 0.304. The Morgan fingerprint density at radius 1 is 0.636 bits per heavy atom. The van der Waals surface area contributed by atoms with E-state index in [1.807, 2.05) is 38.1 Å². The van der Waals surface area contributed by atoms with E-state index in [9.17, 15) is 19.2 Å². The van der Waals surface area contributed by atoms with Gasteiger partial charge in [0, 0.05) is 75.4 Å². The van der Waals surface area contributed by atoms with Gasteiger partial charge in [-0.05, 0) is 74.9 Å². The van der Waals surface area contributed by atoms with E-state index in [0.29, 0.717) is 116 Å². The first-order valence-electron chi connectivity index (χ1n) is 21.3. The number of rotatable bonds is 16. The van der Waals surface area contributed by atoms with Gasteiger partial charge in [0.1, 0.15) is 11.1 Å². The highest BCUT2D eigenvalue weighted by atomic mass is 35.5. The molecule has 6 N–H and O–H groups in total. The molecule has 2 atom stereocenters. The molecule has 8 aromatic rings. The maximum Gasteiger partial charge on any atom is 0.260 e. The molecular formula is C46H50Cl2N12O6. The second-order valence-corrected chi connectivity index (χ2v) is 16.3. The molecule has 6 aromatic heterocycles. The summed E-state index contributed by atoms with van der Waals surface area (Å²) in [7, 11) is 0. The number of aliphatic hydroxyl groups excluding tert-OH is 2. The average molecular weight is 938 g/mol. The lowest BCUT2D eigenvalue weighted by molar-refractivity contribution is 0.0930. The quantitative estimate of drug-likeness (QED) is 0.0752. The number of amides is 2. The van der Waals surface area contributed by atoms with E-state index in [0.717, 1.165) is 0 Å². The summed E-state index contributed by atoms with van der Waals surface area (Å²) in [6, 6.07) is 16.9. The van der Waals surface area contributed by atoms with Crippen molar-refractivity contribution in [3.63, 3.8) is 0 Å². The van der Waals surface area contributed by atoms with Crippen molar-refractivity contribution in [2.24, 2.45) is 0 Å². The highest BCUT2D eigenvalue weighted by Crippen LogP contribution is 2.26. The standard InChI is InChI=1S/2C23H25ClN6O3/c2*1-14(27-22(32)19-15(2)28-30-10-4-7-26-21(19)30)18-13-16-5-3-6-17(24)20(16)23(33)29(18)11-8-25-9-12-31/h2*3-7,10,13-14,25,31H,8-9,11-12H2,1-2H3,(H,27,32)/t2*14-/m00/s1. The smallest absolute Gasteiger partial charge is 0.260 e. The molecule has 0 fully saturated rings. The molecule has 0 bridgehead atoms. The molecule has 0 saturated carbocycles. The highest BCUT2D eigenvalue weighted by molar-refractivity contribution is 6.35. The van der Waals surface area contributed by atoms with Crippen LogP contribution in [0.4, 0.5) is 0 Å². The summed E-state index contributed by atoms with van der Waals surface area (Å²) in [6.07, 6.45) is 6.70. The number of carbonyl (C=O) groups excluding carboxylic acids is 2. The number of hydrogen-bond donors (Lipinski definition) is 6. The molecule has 66 heavy (non-hydrogen) atoms. The lowest BCUT2D eigenvalue weighted by atomic mass is 10.1. The second-order valence-electron chi connectivity index (χ2n) is 15.5. The van der Waals surface area contributed by atoms with E-state index in [2.05, 4.69) is 41.4 Å². The van der Waals surface area contributed by atoms with E-state index in [4.69, 9.17) is 33.4 Å². The van der Waals surface area contributed by atoms with Gasteiger partial charge in [-0.15, -0.1) is 0 Å². The molecule has 2 aromatic carbocycles. The molecule has 0 aliphatic rings. The normalized spacial score (nSPS) is 12.4. The summed E-state index contributed by atoms with van der Waals surface area (Å²) < 4.78 is 6.36. The van der Waals surface area contributed by atoms with Gasteiger partial charge in [-0.3, -0.25) is 19.2 Å². The Labute approximate surface area is 388 Å². The molecule has 2 amide bonds. The largest absolute Gasteiger partial charge is 0.395 e. The van der Waals surface area contributed by atoms with Crippen LogP contribution in [0.3, 0.4) is 0 Å². The van der Waals surface area contributed by atoms with Crippen molar-refractivity contribution in [1.29, 1.82) is 0 Å². The van der Waals surface area contributed by atoms with Crippen LogP contribution in [-0.2, 0) is 13.1 Å². The van der Waals surface area contributed by atoms with Crippen molar-refractivity contribution >= 4 is 67.9 Å². The second kappa shape index (κ2) is 21.2. The monoisotopic (exact) mass is 936 g/mol. The fourth-order valence-electron chi connectivity index (χ4n) is 7.93. The van der Waals surface area contributed by atoms with E-state index < -0.39 is 12.1 Å². The van der Waals surface area contributed by atoms with Crippen LogP contribution in [0.1, 0.15) is 69.4 Å². The first-order chi connectivity index (χ1) is 31.8. The number of fused-ring (bicyclic) bond motifs is 4. The number of pyridine rings is 2. The van der Waals surface area contributed by atoms with Gasteiger partial charge >= 0.3 is 0 Å². The van der Waals surface area contributed by atoms with E-state index in [1.165, 1.54) is 0 Å². The number of aliphatic hydroxyl groups is 2. The van der Waals surface area contributed by atoms with Gasteiger partial charge in [-0.25, -0.2) is 19.0 Å². The van der Waals surface area contributed by atoms with Crippen LogP contribution in [0.2, 0.25) is 10.0 Å². The van der Waals surface area contributed by atoms with Gasteiger partial charge in [0.25, 0.3) is 22.9 Å². The Bertz CT molecular complexity index is 2970. The SMILES string of the molecule is Cc1nn2cccnc2c1C(=O)N[C@@H](C)c1cc2cccc(Cl)c2c(=O)n1CCNCCO.Cc1nn2cccnc2c1C(=O)N[C@@H](C)c1cc2cccc(Cl)c2c(=O)n1CCNCCO. The zero-order valence-electron chi connectivity index (χ0n) is 36.8. The molecule has 0 aliphatic carbocycles. The van der Waals surface area contributed by atoms with Crippen molar-refractivity contribution in [1.82, 2.24) is 59.6 Å². The van der Waals surface area contributed by atoms with Crippen molar-refractivity contribution < 1.29 is 19.8 Å². The minimum absolute atomic E-state index is 0.00476. The molecule has 0 spiro atoms. The summed E-state index contributed by atoms with van der Waals surface area (Å²) in [4.78, 5) is 61.6. The third-order valence-electron chi connectivity index (χ3n) is 11.0. The molecule has 8 rings (SSSR count). The van der Waals surface area contributed by atoms with Crippen LogP contribution in [0.15, 0.2) is 95.0 Å². The first kappa shape index (κ1) is 47.4. The van der Waals surface area contributed by atoms with Crippen LogP contribution in [0.25, 0.3) is 32.8 Å². The summed E-state index contributed by atoms with van der Waals surface area (Å²) in [5, 5.41) is 41.9. The number of aromatic nitrogens is 8. The Balaban J connectivity index is 0.000000196. The minimum Gasteiger partial charge on any atom is -0.395 e. The van der Waals surface area contributed by atoms with Gasteiger partial charge in [-0.1, -0.05) is 47.5 Å². The minimum atomic E-state index is -0.482. The molecular weight excluding hydrogens is 887 g/mol. The molecule has 0 radical (unpaired) electrons. The third-order valence-corrected chi connectivity index (χ3v) is 11.6. The molecule has 20 heteroatoms. The average Bonchev–Trinajstić information content (AvgIpc) is 3.82. The Hall–Kier alpha value is -6.54. The number of benzene rings is 2. The van der Waals surface area contributed by atoms with E-state index >= 15 is 0 Å². The van der Waals surface area contributed by atoms with Crippen molar-refractivity contribution in [2.75, 3.05) is 39.4 Å². The zero-order valence-corrected chi connectivity index (χ0v) is 38.3. The number of carbonyl (C=O) groups is 2. The summed E-state index contributed by atoms with van der Waals surface area (Å²) in [5.74, 6) is -0.644. The topological polar surface area (TPSA) is 227 Å². The Morgan fingerprint density at radius 2 is 1.05 bits per heavy atom. The van der Waals surface area contributed by atoms with Gasteiger partial charge in [0.15, 0.2) is 11.3 Å². The molecule has 6 heterocycles. The van der Waals surface area contributed by atoms with Crippen LogP contribution in [0.5, 0.6) is 0 Å². The third kappa shape index (κ3) is 9.98. The predicted octanol–water partition coefficient (Wildman–Crippen LogP) is 4.16.